The number of hydrogen-bond donors (Lipinski definition) is 0. The maximum absolute atomic E-state index is 14.4. The summed E-state index contributed by atoms with van der Waals surface area (Å²) < 4.78 is 22.8. The summed E-state index contributed by atoms with van der Waals surface area (Å²) in [5.41, 5.74) is 0.425. The second-order valence-corrected chi connectivity index (χ2v) is 8.21. The van der Waals surface area contributed by atoms with Crippen LogP contribution in [-0.2, 0) is 11.3 Å². The summed E-state index contributed by atoms with van der Waals surface area (Å²) in [5, 5.41) is 1.23. The number of thiazole rings is 1. The van der Waals surface area contributed by atoms with E-state index in [-0.39, 0.29) is 5.82 Å². The number of para-hydroxylation sites is 1. The molecule has 138 valence electrons. The fourth-order valence-corrected chi connectivity index (χ4v) is 5.32. The van der Waals surface area contributed by atoms with Crippen LogP contribution < -0.4 is 4.80 Å². The van der Waals surface area contributed by atoms with Crippen molar-refractivity contribution < 1.29 is 13.9 Å². The number of aromatic nitrogens is 1. The second kappa shape index (κ2) is 7.52. The van der Waals surface area contributed by atoms with Crippen LogP contribution >= 0.6 is 34.3 Å². The van der Waals surface area contributed by atoms with E-state index in [0.717, 1.165) is 14.8 Å². The first-order valence-corrected chi connectivity index (χ1v) is 10.1. The third-order valence-corrected chi connectivity index (χ3v) is 6.80. The van der Waals surface area contributed by atoms with E-state index in [2.05, 4.69) is 4.99 Å². The van der Waals surface area contributed by atoms with Crippen LogP contribution in [0.2, 0.25) is 5.02 Å². The lowest BCUT2D eigenvalue weighted by Crippen LogP contribution is -2.19. The maximum Gasteiger partial charge on any atom is 0.291 e. The zero-order valence-electron chi connectivity index (χ0n) is 14.2. The van der Waals surface area contributed by atoms with Gasteiger partial charge < -0.3 is 9.30 Å². The van der Waals surface area contributed by atoms with Crippen molar-refractivity contribution in [3.8, 4) is 0 Å². The van der Waals surface area contributed by atoms with Crippen LogP contribution in [0, 0.1) is 5.82 Å². The standard InChI is InChI=1S/C19H14ClFN2O2S2/c1-25-10-9-23-16-12(21)6-4-8-14(16)27-19(23)22-18(24)17-15(20)11-5-2-3-7-13(11)26-17/h2-8H,9-10H2,1H3. The Balaban J connectivity index is 1.87. The number of carbonyl (C=O) groups is 1. The van der Waals surface area contributed by atoms with Crippen molar-refractivity contribution in [2.24, 2.45) is 4.99 Å². The predicted molar refractivity (Wildman–Crippen MR) is 108 cm³/mol. The van der Waals surface area contributed by atoms with Gasteiger partial charge in [0.1, 0.15) is 10.7 Å². The fraction of sp³-hybridized carbons (Fsp3) is 0.158. The molecule has 0 aliphatic carbocycles. The molecule has 0 saturated heterocycles. The third kappa shape index (κ3) is 3.32. The quantitative estimate of drug-likeness (QED) is 0.461. The summed E-state index contributed by atoms with van der Waals surface area (Å²) in [6, 6.07) is 12.4. The van der Waals surface area contributed by atoms with Crippen LogP contribution in [0.3, 0.4) is 0 Å². The summed E-state index contributed by atoms with van der Waals surface area (Å²) in [6.45, 7) is 0.773. The van der Waals surface area contributed by atoms with Gasteiger partial charge >= 0.3 is 0 Å². The molecular formula is C19H14ClFN2O2S2. The van der Waals surface area contributed by atoms with E-state index in [9.17, 15) is 9.18 Å². The average Bonchev–Trinajstić information content (AvgIpc) is 3.19. The molecule has 2 heterocycles. The number of methoxy groups -OCH3 is 1. The molecule has 4 aromatic rings. The molecule has 8 heteroatoms. The predicted octanol–water partition coefficient (Wildman–Crippen LogP) is 5.10. The molecule has 2 aromatic carbocycles. The van der Waals surface area contributed by atoms with Gasteiger partial charge in [0.25, 0.3) is 5.91 Å². The molecule has 0 bridgehead atoms. The van der Waals surface area contributed by atoms with Crippen molar-refractivity contribution in [3.63, 3.8) is 0 Å². The van der Waals surface area contributed by atoms with E-state index in [1.807, 2.05) is 30.3 Å². The Hall–Kier alpha value is -2.06. The van der Waals surface area contributed by atoms with Gasteiger partial charge in [-0.3, -0.25) is 4.79 Å². The van der Waals surface area contributed by atoms with Gasteiger partial charge in [-0.25, -0.2) is 4.39 Å². The van der Waals surface area contributed by atoms with Gasteiger partial charge in [-0.15, -0.1) is 11.3 Å². The minimum atomic E-state index is -0.431. The third-order valence-electron chi connectivity index (χ3n) is 4.10. The highest BCUT2D eigenvalue weighted by Crippen LogP contribution is 2.35. The summed E-state index contributed by atoms with van der Waals surface area (Å²) in [6.07, 6.45) is 0. The van der Waals surface area contributed by atoms with Crippen LogP contribution in [0.15, 0.2) is 47.5 Å². The second-order valence-electron chi connectivity index (χ2n) is 5.77. The van der Waals surface area contributed by atoms with Crippen molar-refractivity contribution >= 4 is 60.5 Å². The molecular weight excluding hydrogens is 407 g/mol. The van der Waals surface area contributed by atoms with Gasteiger partial charge in [-0.2, -0.15) is 4.99 Å². The maximum atomic E-state index is 14.4. The molecule has 1 amide bonds. The minimum Gasteiger partial charge on any atom is -0.383 e. The van der Waals surface area contributed by atoms with Crippen LogP contribution in [0.4, 0.5) is 4.39 Å². The Morgan fingerprint density at radius 1 is 1.19 bits per heavy atom. The number of benzene rings is 2. The summed E-state index contributed by atoms with van der Waals surface area (Å²) in [5.74, 6) is -0.784. The number of ether oxygens (including phenoxy) is 1. The van der Waals surface area contributed by atoms with Gasteiger partial charge in [0.2, 0.25) is 0 Å². The number of halogens is 2. The normalized spacial score (nSPS) is 12.3. The van der Waals surface area contributed by atoms with E-state index < -0.39 is 5.91 Å². The number of carbonyl (C=O) groups excluding carboxylic acids is 1. The van der Waals surface area contributed by atoms with E-state index in [4.69, 9.17) is 16.3 Å². The van der Waals surface area contributed by atoms with Gasteiger partial charge in [-0.05, 0) is 18.2 Å². The molecule has 4 nitrogen and oxygen atoms in total. The SMILES string of the molecule is COCCn1c(=NC(=O)c2sc3ccccc3c2Cl)sc2cccc(F)c21. The highest BCUT2D eigenvalue weighted by Gasteiger charge is 2.18. The molecule has 2 aromatic heterocycles. The van der Waals surface area contributed by atoms with Crippen LogP contribution in [0.1, 0.15) is 9.67 Å². The lowest BCUT2D eigenvalue weighted by Gasteiger charge is -2.04. The van der Waals surface area contributed by atoms with Crippen molar-refractivity contribution in [2.75, 3.05) is 13.7 Å². The Morgan fingerprint density at radius 2 is 1.96 bits per heavy atom. The van der Waals surface area contributed by atoms with Crippen molar-refractivity contribution in [1.82, 2.24) is 4.57 Å². The average molecular weight is 421 g/mol. The van der Waals surface area contributed by atoms with E-state index in [1.54, 1.807) is 17.7 Å². The van der Waals surface area contributed by atoms with Gasteiger partial charge in [0.15, 0.2) is 4.80 Å². The number of rotatable bonds is 4. The Bertz CT molecular complexity index is 1230. The lowest BCUT2D eigenvalue weighted by molar-refractivity contribution is 0.100. The molecule has 27 heavy (non-hydrogen) atoms. The van der Waals surface area contributed by atoms with Crippen LogP contribution in [-0.4, -0.2) is 24.2 Å². The van der Waals surface area contributed by atoms with Gasteiger partial charge in [0, 0.05) is 23.7 Å². The first-order valence-electron chi connectivity index (χ1n) is 8.13. The zero-order chi connectivity index (χ0) is 19.0. The topological polar surface area (TPSA) is 43.6 Å². The van der Waals surface area contributed by atoms with Crippen LogP contribution in [0.5, 0.6) is 0 Å². The summed E-state index contributed by atoms with van der Waals surface area (Å²) >= 11 is 8.96. The summed E-state index contributed by atoms with van der Waals surface area (Å²) in [4.78, 5) is 17.9. The molecule has 0 aliphatic heterocycles. The highest BCUT2D eigenvalue weighted by molar-refractivity contribution is 7.21. The Labute approximate surface area is 167 Å². The molecule has 4 rings (SSSR count). The van der Waals surface area contributed by atoms with E-state index in [1.165, 1.54) is 28.7 Å². The minimum absolute atomic E-state index is 0.353. The van der Waals surface area contributed by atoms with Crippen molar-refractivity contribution in [3.05, 3.63) is 63.0 Å². The largest absolute Gasteiger partial charge is 0.383 e. The highest BCUT2D eigenvalue weighted by atomic mass is 35.5. The first-order chi connectivity index (χ1) is 13.1. The number of amides is 1. The smallest absolute Gasteiger partial charge is 0.291 e. The Kier molecular flexibility index (Phi) is 5.10. The number of thiophene rings is 1. The fourth-order valence-electron chi connectivity index (χ4n) is 2.85. The van der Waals surface area contributed by atoms with Crippen molar-refractivity contribution in [1.29, 1.82) is 0 Å². The van der Waals surface area contributed by atoms with Crippen molar-refractivity contribution in [2.45, 2.75) is 6.54 Å². The monoisotopic (exact) mass is 420 g/mol. The molecule has 0 unspecified atom stereocenters. The van der Waals surface area contributed by atoms with Gasteiger partial charge in [0.05, 0.1) is 21.8 Å². The molecule has 0 radical (unpaired) electrons. The Morgan fingerprint density at radius 3 is 2.74 bits per heavy atom. The molecule has 0 saturated carbocycles. The zero-order valence-corrected chi connectivity index (χ0v) is 16.6. The number of fused-ring (bicyclic) bond motifs is 2. The molecule has 0 aliphatic rings. The summed E-state index contributed by atoms with van der Waals surface area (Å²) in [7, 11) is 1.57. The van der Waals surface area contributed by atoms with Gasteiger partial charge in [-0.1, -0.05) is 47.2 Å². The number of hydrogen-bond acceptors (Lipinski definition) is 4. The molecule has 0 spiro atoms. The number of nitrogens with zero attached hydrogens (tertiary/aromatic N) is 2. The van der Waals surface area contributed by atoms with E-state index in [0.29, 0.717) is 33.4 Å². The molecule has 0 atom stereocenters. The first kappa shape index (κ1) is 18.3. The lowest BCUT2D eigenvalue weighted by atomic mass is 10.2. The van der Waals surface area contributed by atoms with Crippen LogP contribution in [0.25, 0.3) is 20.3 Å². The van der Waals surface area contributed by atoms with E-state index >= 15 is 0 Å². The molecule has 0 N–H and O–H groups in total. The molecule has 0 fully saturated rings.